The Balaban J connectivity index is 2.02. The summed E-state index contributed by atoms with van der Waals surface area (Å²) in [4.78, 5) is 0. The van der Waals surface area contributed by atoms with Crippen molar-refractivity contribution in [2.45, 2.75) is 37.9 Å². The molecule has 0 radical (unpaired) electrons. The van der Waals surface area contributed by atoms with E-state index in [1.807, 2.05) is 11.8 Å². The molecule has 0 aliphatic heterocycles. The standard InChI is InChI=1S/C11H20N2S/c1-10(14-2)3-8-13-9-11(4-5-11)6-7-12/h10,13H,3-6,8-9H2,1-2H3. The molecule has 1 atom stereocenters. The largest absolute Gasteiger partial charge is 0.316 e. The maximum absolute atomic E-state index is 8.64. The molecule has 3 heteroatoms. The van der Waals surface area contributed by atoms with Crippen LogP contribution in [0.4, 0.5) is 0 Å². The van der Waals surface area contributed by atoms with Gasteiger partial charge in [0.05, 0.1) is 6.07 Å². The van der Waals surface area contributed by atoms with Crippen LogP contribution < -0.4 is 5.32 Å². The van der Waals surface area contributed by atoms with Gasteiger partial charge in [-0.2, -0.15) is 17.0 Å². The van der Waals surface area contributed by atoms with Gasteiger partial charge in [-0.3, -0.25) is 0 Å². The number of thioether (sulfide) groups is 1. The lowest BCUT2D eigenvalue weighted by atomic mass is 10.0. The summed E-state index contributed by atoms with van der Waals surface area (Å²) < 4.78 is 0. The van der Waals surface area contributed by atoms with Crippen molar-refractivity contribution >= 4 is 11.8 Å². The summed E-state index contributed by atoms with van der Waals surface area (Å²) in [6.45, 7) is 4.39. The number of rotatable bonds is 7. The normalized spacial score (nSPS) is 20.1. The van der Waals surface area contributed by atoms with Crippen LogP contribution in [0, 0.1) is 16.7 Å². The Morgan fingerprint density at radius 1 is 1.57 bits per heavy atom. The zero-order valence-corrected chi connectivity index (χ0v) is 9.99. The van der Waals surface area contributed by atoms with Crippen molar-refractivity contribution < 1.29 is 0 Å². The first-order valence-electron chi connectivity index (χ1n) is 5.33. The van der Waals surface area contributed by atoms with Crippen molar-refractivity contribution in [2.24, 2.45) is 5.41 Å². The van der Waals surface area contributed by atoms with Crippen molar-refractivity contribution in [2.75, 3.05) is 19.3 Å². The first kappa shape index (κ1) is 11.9. The summed E-state index contributed by atoms with van der Waals surface area (Å²) in [6, 6.07) is 2.29. The van der Waals surface area contributed by atoms with Crippen LogP contribution >= 0.6 is 11.8 Å². The molecule has 0 spiro atoms. The molecule has 1 N–H and O–H groups in total. The molecule has 0 aromatic heterocycles. The van der Waals surface area contributed by atoms with E-state index < -0.39 is 0 Å². The summed E-state index contributed by atoms with van der Waals surface area (Å²) in [5, 5.41) is 12.9. The fourth-order valence-electron chi connectivity index (χ4n) is 1.54. The molecular weight excluding hydrogens is 192 g/mol. The molecule has 1 saturated carbocycles. The monoisotopic (exact) mass is 212 g/mol. The van der Waals surface area contributed by atoms with E-state index in [4.69, 9.17) is 5.26 Å². The van der Waals surface area contributed by atoms with Gasteiger partial charge in [-0.1, -0.05) is 6.92 Å². The molecule has 1 aliphatic carbocycles. The molecule has 2 nitrogen and oxygen atoms in total. The number of nitrogens with one attached hydrogen (secondary N) is 1. The molecule has 1 fully saturated rings. The molecule has 1 unspecified atom stereocenters. The lowest BCUT2D eigenvalue weighted by Crippen LogP contribution is -2.26. The summed E-state index contributed by atoms with van der Waals surface area (Å²) in [5.74, 6) is 0. The third kappa shape index (κ3) is 3.89. The van der Waals surface area contributed by atoms with E-state index in [0.717, 1.165) is 24.8 Å². The van der Waals surface area contributed by atoms with E-state index in [-0.39, 0.29) is 0 Å². The zero-order valence-electron chi connectivity index (χ0n) is 9.18. The van der Waals surface area contributed by atoms with E-state index in [1.165, 1.54) is 19.3 Å². The van der Waals surface area contributed by atoms with Gasteiger partial charge in [0.1, 0.15) is 0 Å². The molecule has 0 aromatic carbocycles. The molecule has 0 amide bonds. The third-order valence-corrected chi connectivity index (χ3v) is 4.08. The van der Waals surface area contributed by atoms with Gasteiger partial charge < -0.3 is 5.32 Å². The van der Waals surface area contributed by atoms with Crippen LogP contribution in [-0.4, -0.2) is 24.6 Å². The summed E-state index contributed by atoms with van der Waals surface area (Å²) in [7, 11) is 0. The van der Waals surface area contributed by atoms with Gasteiger partial charge in [-0.15, -0.1) is 0 Å². The van der Waals surface area contributed by atoms with E-state index in [9.17, 15) is 0 Å². The Morgan fingerprint density at radius 3 is 2.79 bits per heavy atom. The van der Waals surface area contributed by atoms with E-state index >= 15 is 0 Å². The van der Waals surface area contributed by atoms with Crippen molar-refractivity contribution in [3.8, 4) is 6.07 Å². The number of hydrogen-bond donors (Lipinski definition) is 1. The Labute approximate surface area is 91.4 Å². The van der Waals surface area contributed by atoms with Crippen LogP contribution in [0.25, 0.3) is 0 Å². The molecule has 80 valence electrons. The molecule has 0 aromatic rings. The lowest BCUT2D eigenvalue weighted by Gasteiger charge is -2.13. The zero-order chi connectivity index (χ0) is 10.4. The van der Waals surface area contributed by atoms with Crippen molar-refractivity contribution in [1.29, 1.82) is 5.26 Å². The van der Waals surface area contributed by atoms with Gasteiger partial charge in [-0.25, -0.2) is 0 Å². The van der Waals surface area contributed by atoms with E-state index in [1.54, 1.807) is 0 Å². The maximum Gasteiger partial charge on any atom is 0.0628 e. The van der Waals surface area contributed by atoms with Crippen LogP contribution in [0.2, 0.25) is 0 Å². The van der Waals surface area contributed by atoms with Gasteiger partial charge in [0.25, 0.3) is 0 Å². The molecule has 0 bridgehead atoms. The highest BCUT2D eigenvalue weighted by Gasteiger charge is 2.41. The summed E-state index contributed by atoms with van der Waals surface area (Å²) in [5.41, 5.74) is 0.358. The highest BCUT2D eigenvalue weighted by Crippen LogP contribution is 2.47. The van der Waals surface area contributed by atoms with E-state index in [2.05, 4.69) is 24.6 Å². The Bertz CT molecular complexity index is 206. The topological polar surface area (TPSA) is 35.8 Å². The molecule has 1 rings (SSSR count). The minimum atomic E-state index is 0.358. The average Bonchev–Trinajstić information content (AvgIpc) is 2.93. The Hall–Kier alpha value is -0.200. The first-order chi connectivity index (χ1) is 6.72. The molecule has 0 heterocycles. The fourth-order valence-corrected chi connectivity index (χ4v) is 1.89. The average molecular weight is 212 g/mol. The Morgan fingerprint density at radius 2 is 2.29 bits per heavy atom. The van der Waals surface area contributed by atoms with Gasteiger partial charge in [0, 0.05) is 18.2 Å². The van der Waals surface area contributed by atoms with Gasteiger partial charge >= 0.3 is 0 Å². The molecule has 14 heavy (non-hydrogen) atoms. The fraction of sp³-hybridized carbons (Fsp3) is 0.909. The second-order valence-electron chi connectivity index (χ2n) is 4.35. The number of nitriles is 1. The SMILES string of the molecule is CSC(C)CCNCC1(CC#N)CC1. The maximum atomic E-state index is 8.64. The smallest absolute Gasteiger partial charge is 0.0628 e. The number of nitrogens with zero attached hydrogens (tertiary/aromatic N) is 1. The number of hydrogen-bond acceptors (Lipinski definition) is 3. The van der Waals surface area contributed by atoms with Crippen molar-refractivity contribution in [1.82, 2.24) is 5.32 Å². The highest BCUT2D eigenvalue weighted by atomic mass is 32.2. The predicted octanol–water partition coefficient (Wildman–Crippen LogP) is 2.41. The molecule has 1 aliphatic rings. The summed E-state index contributed by atoms with van der Waals surface area (Å²) in [6.07, 6.45) is 6.60. The van der Waals surface area contributed by atoms with Crippen LogP contribution in [-0.2, 0) is 0 Å². The van der Waals surface area contributed by atoms with Crippen LogP contribution in [0.3, 0.4) is 0 Å². The Kier molecular flexibility index (Phi) is 4.77. The first-order valence-corrected chi connectivity index (χ1v) is 6.62. The second-order valence-corrected chi connectivity index (χ2v) is 5.62. The van der Waals surface area contributed by atoms with Crippen LogP contribution in [0.15, 0.2) is 0 Å². The summed E-state index contributed by atoms with van der Waals surface area (Å²) >= 11 is 1.92. The second kappa shape index (κ2) is 5.63. The van der Waals surface area contributed by atoms with Crippen molar-refractivity contribution in [3.63, 3.8) is 0 Å². The highest BCUT2D eigenvalue weighted by molar-refractivity contribution is 7.99. The van der Waals surface area contributed by atoms with Gasteiger partial charge in [0.2, 0.25) is 0 Å². The molecular formula is C11H20N2S. The predicted molar refractivity (Wildman–Crippen MR) is 62.4 cm³/mol. The minimum Gasteiger partial charge on any atom is -0.316 e. The minimum absolute atomic E-state index is 0.358. The van der Waals surface area contributed by atoms with E-state index in [0.29, 0.717) is 5.41 Å². The van der Waals surface area contributed by atoms with Gasteiger partial charge in [-0.05, 0) is 37.5 Å². The van der Waals surface area contributed by atoms with Crippen molar-refractivity contribution in [3.05, 3.63) is 0 Å². The van der Waals surface area contributed by atoms with Crippen LogP contribution in [0.5, 0.6) is 0 Å². The molecule has 0 saturated heterocycles. The third-order valence-electron chi connectivity index (χ3n) is 3.04. The quantitative estimate of drug-likeness (QED) is 0.658. The van der Waals surface area contributed by atoms with Gasteiger partial charge in [0.15, 0.2) is 0 Å². The van der Waals surface area contributed by atoms with Crippen LogP contribution in [0.1, 0.15) is 32.6 Å². The lowest BCUT2D eigenvalue weighted by molar-refractivity contribution is 0.464.